The lowest BCUT2D eigenvalue weighted by atomic mass is 9.92. The lowest BCUT2D eigenvalue weighted by Crippen LogP contribution is -2.42. The molecule has 0 bridgehead atoms. The van der Waals surface area contributed by atoms with Crippen LogP contribution in [0.1, 0.15) is 25.3 Å². The predicted molar refractivity (Wildman–Crippen MR) is 84.3 cm³/mol. The predicted octanol–water partition coefficient (Wildman–Crippen LogP) is 1.50. The molecule has 2 aliphatic rings. The van der Waals surface area contributed by atoms with Crippen molar-refractivity contribution in [2.45, 2.75) is 32.2 Å². The van der Waals surface area contributed by atoms with Gasteiger partial charge in [0, 0.05) is 18.5 Å². The zero-order valence-electron chi connectivity index (χ0n) is 13.1. The molecule has 2 aliphatic heterocycles. The minimum Gasteiger partial charge on any atom is -0.486 e. The molecule has 0 saturated carbocycles. The van der Waals surface area contributed by atoms with Gasteiger partial charge < -0.3 is 20.1 Å². The van der Waals surface area contributed by atoms with Gasteiger partial charge in [-0.25, -0.2) is 0 Å². The summed E-state index contributed by atoms with van der Waals surface area (Å²) in [5.41, 5.74) is 1.16. The maximum atomic E-state index is 12.2. The van der Waals surface area contributed by atoms with Gasteiger partial charge in [-0.15, -0.1) is 0 Å². The van der Waals surface area contributed by atoms with Crippen molar-refractivity contribution in [1.82, 2.24) is 10.6 Å². The Morgan fingerprint density at radius 1 is 1.32 bits per heavy atom. The highest BCUT2D eigenvalue weighted by atomic mass is 16.6. The molecule has 3 rings (SSSR count). The van der Waals surface area contributed by atoms with Gasteiger partial charge in [-0.2, -0.15) is 0 Å². The fourth-order valence-corrected chi connectivity index (χ4v) is 3.09. The summed E-state index contributed by atoms with van der Waals surface area (Å²) >= 11 is 0. The number of piperidine rings is 1. The van der Waals surface area contributed by atoms with Crippen LogP contribution in [0.5, 0.6) is 11.5 Å². The molecule has 22 heavy (non-hydrogen) atoms. The Bertz CT molecular complexity index is 533. The minimum absolute atomic E-state index is 0.150. The van der Waals surface area contributed by atoms with Crippen molar-refractivity contribution in [3.63, 3.8) is 0 Å². The van der Waals surface area contributed by atoms with E-state index in [2.05, 4.69) is 17.6 Å². The maximum Gasteiger partial charge on any atom is 0.223 e. The SMILES string of the molecule is C[C@H]1C[C@@H](C(=O)NCCc2ccc3c(c2)OCCO3)CCN1. The third-order valence-corrected chi connectivity index (χ3v) is 4.31. The Hall–Kier alpha value is -1.75. The Kier molecular flexibility index (Phi) is 4.83. The zero-order chi connectivity index (χ0) is 15.4. The summed E-state index contributed by atoms with van der Waals surface area (Å²) in [4.78, 5) is 12.2. The second-order valence-corrected chi connectivity index (χ2v) is 6.10. The highest BCUT2D eigenvalue weighted by Crippen LogP contribution is 2.30. The molecule has 0 radical (unpaired) electrons. The van der Waals surface area contributed by atoms with Crippen molar-refractivity contribution in [3.8, 4) is 11.5 Å². The van der Waals surface area contributed by atoms with Crippen LogP contribution in [0.2, 0.25) is 0 Å². The number of benzene rings is 1. The van der Waals surface area contributed by atoms with Crippen molar-refractivity contribution in [2.75, 3.05) is 26.3 Å². The van der Waals surface area contributed by atoms with E-state index >= 15 is 0 Å². The van der Waals surface area contributed by atoms with Gasteiger partial charge in [0.15, 0.2) is 11.5 Å². The smallest absolute Gasteiger partial charge is 0.223 e. The van der Waals surface area contributed by atoms with Crippen LogP contribution in [-0.4, -0.2) is 38.3 Å². The van der Waals surface area contributed by atoms with Crippen LogP contribution < -0.4 is 20.1 Å². The molecule has 1 aromatic rings. The van der Waals surface area contributed by atoms with Gasteiger partial charge in [0.2, 0.25) is 5.91 Å². The highest BCUT2D eigenvalue weighted by molar-refractivity contribution is 5.78. The van der Waals surface area contributed by atoms with E-state index in [-0.39, 0.29) is 11.8 Å². The Morgan fingerprint density at radius 2 is 2.14 bits per heavy atom. The number of hydrogen-bond acceptors (Lipinski definition) is 4. The third kappa shape index (κ3) is 3.71. The largest absolute Gasteiger partial charge is 0.486 e. The van der Waals surface area contributed by atoms with Crippen LogP contribution in [-0.2, 0) is 11.2 Å². The molecule has 1 saturated heterocycles. The maximum absolute atomic E-state index is 12.2. The van der Waals surface area contributed by atoms with Gasteiger partial charge in [-0.3, -0.25) is 4.79 Å². The second kappa shape index (κ2) is 7.01. The molecule has 5 nitrogen and oxygen atoms in total. The van der Waals surface area contributed by atoms with Gasteiger partial charge >= 0.3 is 0 Å². The van der Waals surface area contributed by atoms with Crippen molar-refractivity contribution >= 4 is 5.91 Å². The molecule has 0 spiro atoms. The number of hydrogen-bond donors (Lipinski definition) is 2. The summed E-state index contributed by atoms with van der Waals surface area (Å²) in [5.74, 6) is 1.95. The summed E-state index contributed by atoms with van der Waals surface area (Å²) in [6.07, 6.45) is 2.67. The molecule has 120 valence electrons. The van der Waals surface area contributed by atoms with Gasteiger partial charge in [0.1, 0.15) is 13.2 Å². The number of nitrogens with one attached hydrogen (secondary N) is 2. The molecule has 2 N–H and O–H groups in total. The molecule has 0 aliphatic carbocycles. The average Bonchev–Trinajstić information content (AvgIpc) is 2.54. The Labute approximate surface area is 131 Å². The first-order valence-electron chi connectivity index (χ1n) is 8.12. The van der Waals surface area contributed by atoms with Crippen LogP contribution in [0.25, 0.3) is 0 Å². The summed E-state index contributed by atoms with van der Waals surface area (Å²) < 4.78 is 11.1. The molecular weight excluding hydrogens is 280 g/mol. The monoisotopic (exact) mass is 304 g/mol. The highest BCUT2D eigenvalue weighted by Gasteiger charge is 2.24. The fraction of sp³-hybridized carbons (Fsp3) is 0.588. The van der Waals surface area contributed by atoms with Gasteiger partial charge in [0.25, 0.3) is 0 Å². The van der Waals surface area contributed by atoms with Gasteiger partial charge in [-0.1, -0.05) is 6.07 Å². The molecule has 0 unspecified atom stereocenters. The first-order valence-corrected chi connectivity index (χ1v) is 8.12. The molecule has 2 atom stereocenters. The molecule has 1 fully saturated rings. The van der Waals surface area contributed by atoms with E-state index in [4.69, 9.17) is 9.47 Å². The standard InChI is InChI=1S/C17H24N2O3/c1-12-10-14(5-7-18-12)17(20)19-6-4-13-2-3-15-16(11-13)22-9-8-21-15/h2-3,11-12,14,18H,4-10H2,1H3,(H,19,20)/t12-,14-/m0/s1. The Balaban J connectivity index is 1.47. The van der Waals surface area contributed by atoms with Gasteiger partial charge in [0.05, 0.1) is 0 Å². The van der Waals surface area contributed by atoms with E-state index in [1.807, 2.05) is 18.2 Å². The number of carbonyl (C=O) groups is 1. The molecule has 1 amide bonds. The number of ether oxygens (including phenoxy) is 2. The van der Waals surface area contributed by atoms with Crippen LogP contribution in [0.15, 0.2) is 18.2 Å². The molecule has 0 aromatic heterocycles. The lowest BCUT2D eigenvalue weighted by molar-refractivity contribution is -0.126. The number of fused-ring (bicyclic) bond motifs is 1. The normalized spacial score (nSPS) is 23.9. The van der Waals surface area contributed by atoms with Crippen LogP contribution in [0, 0.1) is 5.92 Å². The summed E-state index contributed by atoms with van der Waals surface area (Å²) in [7, 11) is 0. The van der Waals surface area contributed by atoms with E-state index in [0.29, 0.717) is 25.8 Å². The first-order chi connectivity index (χ1) is 10.7. The lowest BCUT2D eigenvalue weighted by Gasteiger charge is -2.27. The Morgan fingerprint density at radius 3 is 2.95 bits per heavy atom. The van der Waals surface area contributed by atoms with E-state index in [1.54, 1.807) is 0 Å². The molecule has 2 heterocycles. The van der Waals surface area contributed by atoms with Crippen molar-refractivity contribution in [3.05, 3.63) is 23.8 Å². The first kappa shape index (κ1) is 15.2. The van der Waals surface area contributed by atoms with E-state index in [0.717, 1.165) is 42.9 Å². The number of carbonyl (C=O) groups excluding carboxylic acids is 1. The topological polar surface area (TPSA) is 59.6 Å². The van der Waals surface area contributed by atoms with Crippen LogP contribution >= 0.6 is 0 Å². The fourth-order valence-electron chi connectivity index (χ4n) is 3.09. The molecular formula is C17H24N2O3. The molecule has 1 aromatic carbocycles. The van der Waals surface area contributed by atoms with Crippen molar-refractivity contribution < 1.29 is 14.3 Å². The minimum atomic E-state index is 0.150. The van der Waals surface area contributed by atoms with E-state index in [1.165, 1.54) is 0 Å². The zero-order valence-corrected chi connectivity index (χ0v) is 13.1. The van der Waals surface area contributed by atoms with E-state index < -0.39 is 0 Å². The van der Waals surface area contributed by atoms with Crippen LogP contribution in [0.4, 0.5) is 0 Å². The number of rotatable bonds is 4. The third-order valence-electron chi connectivity index (χ3n) is 4.31. The van der Waals surface area contributed by atoms with Gasteiger partial charge in [-0.05, 0) is 50.4 Å². The quantitative estimate of drug-likeness (QED) is 0.885. The van der Waals surface area contributed by atoms with Crippen molar-refractivity contribution in [1.29, 1.82) is 0 Å². The second-order valence-electron chi connectivity index (χ2n) is 6.10. The summed E-state index contributed by atoms with van der Waals surface area (Å²) in [6, 6.07) is 6.42. The summed E-state index contributed by atoms with van der Waals surface area (Å²) in [6.45, 7) is 4.94. The van der Waals surface area contributed by atoms with E-state index in [9.17, 15) is 4.79 Å². The number of amides is 1. The average molecular weight is 304 g/mol. The van der Waals surface area contributed by atoms with Crippen LogP contribution in [0.3, 0.4) is 0 Å². The molecule has 5 heteroatoms. The summed E-state index contributed by atoms with van der Waals surface area (Å²) in [5, 5.41) is 6.43. The van der Waals surface area contributed by atoms with Crippen molar-refractivity contribution in [2.24, 2.45) is 5.92 Å².